The van der Waals surface area contributed by atoms with Crippen molar-refractivity contribution in [2.24, 2.45) is 5.73 Å². The van der Waals surface area contributed by atoms with Gasteiger partial charge in [-0.15, -0.1) is 0 Å². The Hall–Kier alpha value is -1.79. The minimum absolute atomic E-state index is 0.589. The molecular weight excluding hydrogens is 188 g/mol. The Morgan fingerprint density at radius 1 is 1.40 bits per heavy atom. The van der Waals surface area contributed by atoms with E-state index in [2.05, 4.69) is 17.2 Å². The molecule has 1 heterocycles. The van der Waals surface area contributed by atoms with Gasteiger partial charge < -0.3 is 11.1 Å². The maximum absolute atomic E-state index is 10.5. The third kappa shape index (κ3) is 2.36. The molecule has 0 atom stereocenters. The molecule has 3 nitrogen and oxygen atoms in total. The van der Waals surface area contributed by atoms with Crippen molar-refractivity contribution in [3.05, 3.63) is 34.9 Å². The molecule has 3 heteroatoms. The number of hydrogen-bond acceptors (Lipinski definition) is 2. The summed E-state index contributed by atoms with van der Waals surface area (Å²) in [7, 11) is 0. The molecular formula is C12H12N2O. The normalized spacial score (nSPS) is 13.6. The first-order chi connectivity index (χ1) is 7.25. The molecule has 1 amide bonds. The van der Waals surface area contributed by atoms with Gasteiger partial charge in [0.15, 0.2) is 0 Å². The smallest absolute Gasteiger partial charge is 0.293 e. The van der Waals surface area contributed by atoms with E-state index in [0.29, 0.717) is 0 Å². The fourth-order valence-electron chi connectivity index (χ4n) is 1.69. The van der Waals surface area contributed by atoms with Crippen molar-refractivity contribution in [1.29, 1.82) is 0 Å². The predicted octanol–water partition coefficient (Wildman–Crippen LogP) is 0.169. The maximum Gasteiger partial charge on any atom is 0.293 e. The van der Waals surface area contributed by atoms with Crippen LogP contribution in [0.25, 0.3) is 0 Å². The molecule has 3 N–H and O–H groups in total. The summed E-state index contributed by atoms with van der Waals surface area (Å²) in [4.78, 5) is 10.5. The third-order valence-corrected chi connectivity index (χ3v) is 2.42. The zero-order chi connectivity index (χ0) is 10.7. The molecule has 0 saturated heterocycles. The highest BCUT2D eigenvalue weighted by Gasteiger charge is 2.07. The summed E-state index contributed by atoms with van der Waals surface area (Å²) in [5.74, 6) is 4.50. The Balaban J connectivity index is 2.29. The molecule has 0 bridgehead atoms. The number of amides is 1. The van der Waals surface area contributed by atoms with Gasteiger partial charge in [-0.2, -0.15) is 0 Å². The SMILES string of the molecule is NC(=O)C#Cc1ccc2c(c1)CCNC2. The van der Waals surface area contributed by atoms with E-state index in [0.717, 1.165) is 25.1 Å². The number of nitrogens with one attached hydrogen (secondary N) is 1. The minimum Gasteiger partial charge on any atom is -0.359 e. The number of benzene rings is 1. The largest absolute Gasteiger partial charge is 0.359 e. The molecule has 1 aromatic carbocycles. The summed E-state index contributed by atoms with van der Waals surface area (Å²) >= 11 is 0. The fourth-order valence-corrected chi connectivity index (χ4v) is 1.69. The number of primary amides is 1. The van der Waals surface area contributed by atoms with Gasteiger partial charge in [-0.1, -0.05) is 12.0 Å². The van der Waals surface area contributed by atoms with Gasteiger partial charge in [-0.25, -0.2) is 0 Å². The molecule has 1 aliphatic heterocycles. The standard InChI is InChI=1S/C12H12N2O/c13-12(15)4-2-9-1-3-11-8-14-6-5-10(11)7-9/h1,3,7,14H,5-6,8H2,(H2,13,15). The van der Waals surface area contributed by atoms with E-state index in [4.69, 9.17) is 5.73 Å². The van der Waals surface area contributed by atoms with E-state index >= 15 is 0 Å². The highest BCUT2D eigenvalue weighted by molar-refractivity contribution is 5.92. The minimum atomic E-state index is -0.589. The summed E-state index contributed by atoms with van der Waals surface area (Å²) in [6, 6.07) is 6.00. The zero-order valence-corrected chi connectivity index (χ0v) is 8.34. The van der Waals surface area contributed by atoms with Crippen LogP contribution in [0.5, 0.6) is 0 Å². The number of nitrogens with two attached hydrogens (primary N) is 1. The molecule has 0 spiro atoms. The molecule has 1 aliphatic rings. The summed E-state index contributed by atoms with van der Waals surface area (Å²) in [6.07, 6.45) is 1.02. The van der Waals surface area contributed by atoms with Gasteiger partial charge in [0.25, 0.3) is 5.91 Å². The van der Waals surface area contributed by atoms with E-state index < -0.39 is 5.91 Å². The van der Waals surface area contributed by atoms with Crippen molar-refractivity contribution < 1.29 is 4.79 Å². The zero-order valence-electron chi connectivity index (χ0n) is 8.34. The van der Waals surface area contributed by atoms with Crippen molar-refractivity contribution in [3.63, 3.8) is 0 Å². The number of hydrogen-bond donors (Lipinski definition) is 2. The molecule has 1 aromatic rings. The Morgan fingerprint density at radius 2 is 2.27 bits per heavy atom. The molecule has 0 saturated carbocycles. The van der Waals surface area contributed by atoms with Crippen molar-refractivity contribution in [2.45, 2.75) is 13.0 Å². The average Bonchev–Trinajstić information content (AvgIpc) is 2.26. The van der Waals surface area contributed by atoms with Crippen LogP contribution in [0.2, 0.25) is 0 Å². The predicted molar refractivity (Wildman–Crippen MR) is 57.9 cm³/mol. The fraction of sp³-hybridized carbons (Fsp3) is 0.250. The van der Waals surface area contributed by atoms with Crippen LogP contribution in [0.4, 0.5) is 0 Å². The van der Waals surface area contributed by atoms with Crippen LogP contribution in [0.1, 0.15) is 16.7 Å². The van der Waals surface area contributed by atoms with Crippen molar-refractivity contribution >= 4 is 5.91 Å². The van der Waals surface area contributed by atoms with Crippen LogP contribution in [-0.4, -0.2) is 12.5 Å². The first-order valence-corrected chi connectivity index (χ1v) is 4.90. The molecule has 0 aromatic heterocycles. The Labute approximate surface area is 88.7 Å². The van der Waals surface area contributed by atoms with E-state index in [1.54, 1.807) is 0 Å². The summed E-state index contributed by atoms with van der Waals surface area (Å²) in [5, 5.41) is 3.30. The summed E-state index contributed by atoms with van der Waals surface area (Å²) in [5.41, 5.74) is 8.43. The van der Waals surface area contributed by atoms with Gasteiger partial charge in [-0.3, -0.25) is 4.79 Å². The quantitative estimate of drug-likeness (QED) is 0.586. The first kappa shape index (κ1) is 9.75. The molecule has 76 valence electrons. The van der Waals surface area contributed by atoms with Crippen LogP contribution in [0.3, 0.4) is 0 Å². The number of carbonyl (C=O) groups excluding carboxylic acids is 1. The molecule has 2 rings (SSSR count). The lowest BCUT2D eigenvalue weighted by atomic mass is 9.99. The molecule has 0 unspecified atom stereocenters. The number of fused-ring (bicyclic) bond motifs is 1. The summed E-state index contributed by atoms with van der Waals surface area (Å²) < 4.78 is 0. The van der Waals surface area contributed by atoms with Crippen LogP contribution in [0, 0.1) is 11.8 Å². The topological polar surface area (TPSA) is 55.1 Å². The second-order valence-electron chi connectivity index (χ2n) is 3.52. The van der Waals surface area contributed by atoms with E-state index in [9.17, 15) is 4.79 Å². The van der Waals surface area contributed by atoms with Crippen LogP contribution in [-0.2, 0) is 17.8 Å². The molecule has 0 fully saturated rings. The number of carbonyl (C=O) groups is 1. The molecule has 0 aliphatic carbocycles. The monoisotopic (exact) mass is 200 g/mol. The molecule has 15 heavy (non-hydrogen) atoms. The molecule has 0 radical (unpaired) electrons. The van der Waals surface area contributed by atoms with Gasteiger partial charge >= 0.3 is 0 Å². The highest BCUT2D eigenvalue weighted by atomic mass is 16.1. The van der Waals surface area contributed by atoms with E-state index in [1.165, 1.54) is 11.1 Å². The lowest BCUT2D eigenvalue weighted by molar-refractivity contribution is -0.112. The van der Waals surface area contributed by atoms with Crippen molar-refractivity contribution in [3.8, 4) is 11.8 Å². The third-order valence-electron chi connectivity index (χ3n) is 2.42. The van der Waals surface area contributed by atoms with Crippen molar-refractivity contribution in [1.82, 2.24) is 5.32 Å². The average molecular weight is 200 g/mol. The second kappa shape index (κ2) is 4.16. The lowest BCUT2D eigenvalue weighted by Crippen LogP contribution is -2.23. The van der Waals surface area contributed by atoms with Gasteiger partial charge in [0.2, 0.25) is 0 Å². The lowest BCUT2D eigenvalue weighted by Gasteiger charge is -2.16. The highest BCUT2D eigenvalue weighted by Crippen LogP contribution is 2.15. The van der Waals surface area contributed by atoms with Gasteiger partial charge in [0, 0.05) is 12.1 Å². The summed E-state index contributed by atoms with van der Waals surface area (Å²) in [6.45, 7) is 1.92. The van der Waals surface area contributed by atoms with Crippen LogP contribution in [0.15, 0.2) is 18.2 Å². The van der Waals surface area contributed by atoms with Gasteiger partial charge in [-0.05, 0) is 42.1 Å². The Bertz CT molecular complexity index is 454. The Kier molecular flexibility index (Phi) is 2.70. The van der Waals surface area contributed by atoms with Crippen LogP contribution < -0.4 is 11.1 Å². The van der Waals surface area contributed by atoms with Crippen molar-refractivity contribution in [2.75, 3.05) is 6.54 Å². The van der Waals surface area contributed by atoms with Gasteiger partial charge in [0.1, 0.15) is 0 Å². The first-order valence-electron chi connectivity index (χ1n) is 4.90. The van der Waals surface area contributed by atoms with Crippen LogP contribution >= 0.6 is 0 Å². The van der Waals surface area contributed by atoms with E-state index in [1.807, 2.05) is 18.2 Å². The second-order valence-corrected chi connectivity index (χ2v) is 3.52. The number of rotatable bonds is 0. The maximum atomic E-state index is 10.5. The van der Waals surface area contributed by atoms with E-state index in [-0.39, 0.29) is 0 Å². The Morgan fingerprint density at radius 3 is 3.07 bits per heavy atom. The van der Waals surface area contributed by atoms with Gasteiger partial charge in [0.05, 0.1) is 0 Å².